The van der Waals surface area contributed by atoms with Crippen LogP contribution < -0.4 is 20.8 Å². The number of nitrogens with two attached hydrogens (primary N) is 1. The van der Waals surface area contributed by atoms with Crippen LogP contribution in [0.3, 0.4) is 0 Å². The number of ether oxygens (including phenoxy) is 2. The van der Waals surface area contributed by atoms with Crippen LogP contribution in [0, 0.1) is 0 Å². The minimum Gasteiger partial charge on any atom is -0.497 e. The zero-order chi connectivity index (χ0) is 22.0. The van der Waals surface area contributed by atoms with E-state index in [1.165, 1.54) is 0 Å². The van der Waals surface area contributed by atoms with E-state index < -0.39 is 0 Å². The highest BCUT2D eigenvalue weighted by Crippen LogP contribution is 2.39. The van der Waals surface area contributed by atoms with Crippen LogP contribution in [0.4, 0.5) is 0 Å². The number of fused-ring (bicyclic) bond motifs is 1. The van der Waals surface area contributed by atoms with Crippen molar-refractivity contribution < 1.29 is 9.47 Å². The first-order chi connectivity index (χ1) is 15.0. The first kappa shape index (κ1) is 21.4. The van der Waals surface area contributed by atoms with Gasteiger partial charge >= 0.3 is 0 Å². The standard InChI is InChI=1S/C23H22ClN3O3S/c1-29-15-5-6-16(19(13-15)30-2)20-8-9-21(31-20)22-26-18-7-4-14(24)12-17(18)23(28)27(22)11-3-10-25/h4-9,12-13H,3,10-11,25H2,1-2H3. The van der Waals surface area contributed by atoms with Crippen LogP contribution in [0.2, 0.25) is 5.02 Å². The molecule has 0 atom stereocenters. The maximum Gasteiger partial charge on any atom is 0.261 e. The van der Waals surface area contributed by atoms with Crippen molar-refractivity contribution in [3.05, 3.63) is 63.9 Å². The van der Waals surface area contributed by atoms with E-state index in [1.807, 2.05) is 30.3 Å². The van der Waals surface area contributed by atoms with Crippen molar-refractivity contribution in [3.63, 3.8) is 0 Å². The molecular weight excluding hydrogens is 434 g/mol. The molecule has 8 heteroatoms. The molecule has 0 aliphatic rings. The normalized spacial score (nSPS) is 11.1. The van der Waals surface area contributed by atoms with E-state index in [0.29, 0.717) is 41.3 Å². The van der Waals surface area contributed by atoms with Crippen LogP contribution in [0.15, 0.2) is 53.3 Å². The third-order valence-corrected chi connectivity index (χ3v) is 6.35. The Kier molecular flexibility index (Phi) is 6.27. The van der Waals surface area contributed by atoms with Crippen molar-refractivity contribution >= 4 is 33.8 Å². The highest BCUT2D eigenvalue weighted by molar-refractivity contribution is 7.18. The van der Waals surface area contributed by atoms with Gasteiger partial charge < -0.3 is 15.2 Å². The Morgan fingerprint density at radius 2 is 1.87 bits per heavy atom. The van der Waals surface area contributed by atoms with Crippen molar-refractivity contribution in [2.45, 2.75) is 13.0 Å². The van der Waals surface area contributed by atoms with Gasteiger partial charge in [0.25, 0.3) is 5.56 Å². The van der Waals surface area contributed by atoms with Gasteiger partial charge in [-0.05, 0) is 55.4 Å². The molecule has 4 aromatic rings. The SMILES string of the molecule is COc1ccc(-c2ccc(-c3nc4ccc(Cl)cc4c(=O)n3CCCN)s2)c(OC)c1. The first-order valence-corrected chi connectivity index (χ1v) is 11.0. The number of methoxy groups -OCH3 is 2. The number of hydrogen-bond donors (Lipinski definition) is 1. The molecule has 0 radical (unpaired) electrons. The van der Waals surface area contributed by atoms with Gasteiger partial charge in [-0.2, -0.15) is 0 Å². The minimum atomic E-state index is -0.118. The van der Waals surface area contributed by atoms with Gasteiger partial charge in [0.2, 0.25) is 0 Å². The molecule has 0 saturated carbocycles. The molecule has 0 saturated heterocycles. The number of hydrogen-bond acceptors (Lipinski definition) is 6. The molecule has 160 valence electrons. The van der Waals surface area contributed by atoms with Gasteiger partial charge in [-0.25, -0.2) is 4.98 Å². The summed E-state index contributed by atoms with van der Waals surface area (Å²) in [7, 11) is 3.25. The van der Waals surface area contributed by atoms with Gasteiger partial charge in [-0.1, -0.05) is 11.6 Å². The number of nitrogens with zero attached hydrogens (tertiary/aromatic N) is 2. The van der Waals surface area contributed by atoms with E-state index in [1.54, 1.807) is 48.3 Å². The van der Waals surface area contributed by atoms with Crippen molar-refractivity contribution in [1.82, 2.24) is 9.55 Å². The second-order valence-corrected chi connectivity index (χ2v) is 8.45. The average molecular weight is 456 g/mol. The van der Waals surface area contributed by atoms with Crippen molar-refractivity contribution in [2.75, 3.05) is 20.8 Å². The number of aromatic nitrogens is 2. The monoisotopic (exact) mass is 455 g/mol. The lowest BCUT2D eigenvalue weighted by molar-refractivity contribution is 0.395. The Balaban J connectivity index is 1.85. The topological polar surface area (TPSA) is 79.4 Å². The van der Waals surface area contributed by atoms with Gasteiger partial charge in [0, 0.05) is 28.1 Å². The van der Waals surface area contributed by atoms with E-state index in [2.05, 4.69) is 0 Å². The molecule has 0 spiro atoms. The molecule has 0 unspecified atom stereocenters. The number of benzene rings is 2. The van der Waals surface area contributed by atoms with E-state index >= 15 is 0 Å². The fraction of sp³-hybridized carbons (Fsp3) is 0.217. The lowest BCUT2D eigenvalue weighted by Gasteiger charge is -2.12. The quantitative estimate of drug-likeness (QED) is 0.432. The second-order valence-electron chi connectivity index (χ2n) is 6.93. The molecule has 0 amide bonds. The third kappa shape index (κ3) is 4.17. The number of rotatable bonds is 7. The molecule has 6 nitrogen and oxygen atoms in total. The van der Waals surface area contributed by atoms with E-state index in [4.69, 9.17) is 31.8 Å². The smallest absolute Gasteiger partial charge is 0.261 e. The predicted molar refractivity (Wildman–Crippen MR) is 127 cm³/mol. The fourth-order valence-corrected chi connectivity index (χ4v) is 4.65. The summed E-state index contributed by atoms with van der Waals surface area (Å²) >= 11 is 7.66. The first-order valence-electron chi connectivity index (χ1n) is 9.78. The number of thiophene rings is 1. The van der Waals surface area contributed by atoms with Crippen molar-refractivity contribution in [1.29, 1.82) is 0 Å². The molecule has 0 aliphatic heterocycles. The molecule has 31 heavy (non-hydrogen) atoms. The van der Waals surface area contributed by atoms with Crippen LogP contribution in [-0.4, -0.2) is 30.3 Å². The Bertz CT molecular complexity index is 1300. The third-order valence-electron chi connectivity index (χ3n) is 5.00. The summed E-state index contributed by atoms with van der Waals surface area (Å²) < 4.78 is 12.5. The summed E-state index contributed by atoms with van der Waals surface area (Å²) in [6.07, 6.45) is 0.672. The fourth-order valence-electron chi connectivity index (χ4n) is 3.44. The second kappa shape index (κ2) is 9.09. The molecule has 4 rings (SSSR count). The highest BCUT2D eigenvalue weighted by atomic mass is 35.5. The predicted octanol–water partition coefficient (Wildman–Crippen LogP) is 4.81. The Hall–Kier alpha value is -2.87. The summed E-state index contributed by atoms with van der Waals surface area (Å²) in [6.45, 7) is 0.970. The van der Waals surface area contributed by atoms with E-state index in [0.717, 1.165) is 26.8 Å². The molecule has 2 aromatic heterocycles. The lowest BCUT2D eigenvalue weighted by atomic mass is 10.1. The molecular formula is C23H22ClN3O3S. The zero-order valence-electron chi connectivity index (χ0n) is 17.2. The summed E-state index contributed by atoms with van der Waals surface area (Å²) in [6, 6.07) is 14.9. The van der Waals surface area contributed by atoms with Gasteiger partial charge in [0.15, 0.2) is 5.82 Å². The summed E-state index contributed by atoms with van der Waals surface area (Å²) in [5, 5.41) is 1.01. The Morgan fingerprint density at radius 3 is 2.61 bits per heavy atom. The summed E-state index contributed by atoms with van der Waals surface area (Å²) in [4.78, 5) is 19.9. The van der Waals surface area contributed by atoms with Crippen LogP contribution in [0.5, 0.6) is 11.5 Å². The van der Waals surface area contributed by atoms with Crippen molar-refractivity contribution in [3.8, 4) is 32.6 Å². The molecule has 2 aromatic carbocycles. The maximum absolute atomic E-state index is 13.2. The molecule has 0 fully saturated rings. The largest absolute Gasteiger partial charge is 0.497 e. The van der Waals surface area contributed by atoms with Gasteiger partial charge in [0.1, 0.15) is 11.5 Å². The van der Waals surface area contributed by atoms with E-state index in [-0.39, 0.29) is 5.56 Å². The minimum absolute atomic E-state index is 0.118. The molecule has 0 aliphatic carbocycles. The highest BCUT2D eigenvalue weighted by Gasteiger charge is 2.17. The van der Waals surface area contributed by atoms with Crippen LogP contribution in [0.1, 0.15) is 6.42 Å². The van der Waals surface area contributed by atoms with Crippen LogP contribution in [0.25, 0.3) is 32.0 Å². The Morgan fingerprint density at radius 1 is 1.06 bits per heavy atom. The lowest BCUT2D eigenvalue weighted by Crippen LogP contribution is -2.24. The summed E-state index contributed by atoms with van der Waals surface area (Å²) in [5.74, 6) is 2.06. The van der Waals surface area contributed by atoms with Crippen molar-refractivity contribution in [2.24, 2.45) is 5.73 Å². The summed E-state index contributed by atoms with van der Waals surface area (Å²) in [5.41, 5.74) is 7.15. The molecule has 0 bridgehead atoms. The Labute approximate surface area is 188 Å². The van der Waals surface area contributed by atoms with Gasteiger partial charge in [0.05, 0.1) is 30.0 Å². The molecule has 2 heterocycles. The number of halogens is 1. The van der Waals surface area contributed by atoms with E-state index in [9.17, 15) is 4.79 Å². The maximum atomic E-state index is 13.2. The molecule has 2 N–H and O–H groups in total. The zero-order valence-corrected chi connectivity index (χ0v) is 18.8. The van der Waals surface area contributed by atoms with Gasteiger partial charge in [-0.15, -0.1) is 11.3 Å². The van der Waals surface area contributed by atoms with Crippen LogP contribution >= 0.6 is 22.9 Å². The average Bonchev–Trinajstić information content (AvgIpc) is 3.28. The van der Waals surface area contributed by atoms with Gasteiger partial charge in [-0.3, -0.25) is 9.36 Å². The van der Waals surface area contributed by atoms with Crippen LogP contribution in [-0.2, 0) is 6.54 Å².